The number of hydrogen-bond acceptors (Lipinski definition) is 4. The number of rotatable bonds is 5. The van der Waals surface area contributed by atoms with Crippen molar-refractivity contribution in [1.82, 2.24) is 20.2 Å². The molecule has 3 aromatic rings. The summed E-state index contributed by atoms with van der Waals surface area (Å²) in [6.45, 7) is 0. The summed E-state index contributed by atoms with van der Waals surface area (Å²) in [5.74, 6) is -0.346. The molecule has 0 spiro atoms. The second-order valence-corrected chi connectivity index (χ2v) is 5.42. The highest BCUT2D eigenvalue weighted by atomic mass is 19.1. The lowest BCUT2D eigenvalue weighted by atomic mass is 9.92. The smallest absolute Gasteiger partial charge is 0.182 e. The third-order valence-electron chi connectivity index (χ3n) is 3.74. The first-order valence-electron chi connectivity index (χ1n) is 7.71. The van der Waals surface area contributed by atoms with E-state index in [0.717, 1.165) is 0 Å². The average molecular weight is 352 g/mol. The van der Waals surface area contributed by atoms with E-state index in [1.165, 1.54) is 35.0 Å². The van der Waals surface area contributed by atoms with Gasteiger partial charge in [-0.1, -0.05) is 24.3 Å². The van der Waals surface area contributed by atoms with Gasteiger partial charge in [-0.2, -0.15) is 0 Å². The van der Waals surface area contributed by atoms with Crippen LogP contribution in [0.5, 0.6) is 0 Å². The highest BCUT2D eigenvalue weighted by Gasteiger charge is 2.17. The molecular formula is C19H14F2N4O. The molecule has 0 radical (unpaired) electrons. The van der Waals surface area contributed by atoms with Gasteiger partial charge in [0.1, 0.15) is 17.9 Å². The lowest BCUT2D eigenvalue weighted by Crippen LogP contribution is -2.02. The van der Waals surface area contributed by atoms with Crippen molar-refractivity contribution in [3.63, 3.8) is 0 Å². The molecule has 0 aliphatic carbocycles. The molecule has 0 atom stereocenters. The Morgan fingerprint density at radius 3 is 1.92 bits per heavy atom. The Kier molecular flexibility index (Phi) is 5.07. The fourth-order valence-electron chi connectivity index (χ4n) is 2.57. The van der Waals surface area contributed by atoms with Crippen molar-refractivity contribution in [2.45, 2.75) is 0 Å². The highest BCUT2D eigenvalue weighted by molar-refractivity contribution is 6.01. The van der Waals surface area contributed by atoms with Crippen LogP contribution in [0.4, 0.5) is 8.78 Å². The fourth-order valence-corrected chi connectivity index (χ4v) is 2.57. The second kappa shape index (κ2) is 7.60. The molecular weight excluding hydrogens is 338 g/mol. The Hall–Kier alpha value is -3.48. The quantitative estimate of drug-likeness (QED) is 0.402. The molecule has 0 bridgehead atoms. The summed E-state index contributed by atoms with van der Waals surface area (Å²) < 4.78 is 28.2. The first kappa shape index (κ1) is 17.3. The van der Waals surface area contributed by atoms with E-state index < -0.39 is 0 Å². The normalized spacial score (nSPS) is 10.9. The zero-order valence-electron chi connectivity index (χ0n) is 13.8. The van der Waals surface area contributed by atoms with Crippen LogP contribution in [-0.2, 0) is 11.8 Å². The molecule has 5 nitrogen and oxygen atoms in total. The molecule has 3 rings (SSSR count). The number of carbonyl (C=O) groups is 1. The van der Waals surface area contributed by atoms with Crippen molar-refractivity contribution in [2.75, 3.05) is 0 Å². The Morgan fingerprint density at radius 2 is 1.50 bits per heavy atom. The van der Waals surface area contributed by atoms with Crippen molar-refractivity contribution >= 4 is 17.4 Å². The van der Waals surface area contributed by atoms with Gasteiger partial charge in [-0.3, -0.25) is 4.79 Å². The van der Waals surface area contributed by atoms with Crippen molar-refractivity contribution in [2.24, 2.45) is 7.05 Å². The van der Waals surface area contributed by atoms with Gasteiger partial charge in [-0.15, -0.1) is 5.10 Å². The van der Waals surface area contributed by atoms with E-state index >= 15 is 0 Å². The minimum Gasteiger partial charge on any atom is -0.299 e. The minimum absolute atomic E-state index is 0.377. The molecule has 1 heterocycles. The molecule has 0 saturated heterocycles. The van der Waals surface area contributed by atoms with Crippen LogP contribution in [0, 0.1) is 11.6 Å². The van der Waals surface area contributed by atoms with Crippen LogP contribution in [-0.4, -0.2) is 26.5 Å². The van der Waals surface area contributed by atoms with Crippen molar-refractivity contribution < 1.29 is 13.6 Å². The van der Waals surface area contributed by atoms with Crippen LogP contribution < -0.4 is 0 Å². The van der Waals surface area contributed by atoms with Crippen molar-refractivity contribution in [1.29, 1.82) is 0 Å². The third-order valence-corrected chi connectivity index (χ3v) is 3.74. The van der Waals surface area contributed by atoms with Crippen molar-refractivity contribution in [3.05, 3.63) is 89.3 Å². The maximum Gasteiger partial charge on any atom is 0.182 e. The first-order valence-corrected chi connectivity index (χ1v) is 7.71. The molecule has 26 heavy (non-hydrogen) atoms. The summed E-state index contributed by atoms with van der Waals surface area (Å²) in [4.78, 5) is 10.9. The van der Waals surface area contributed by atoms with Gasteiger partial charge in [0.2, 0.25) is 0 Å². The van der Waals surface area contributed by atoms with Gasteiger partial charge in [0.05, 0.1) is 0 Å². The summed E-state index contributed by atoms with van der Waals surface area (Å²) in [7, 11) is 1.66. The van der Waals surface area contributed by atoms with E-state index in [0.29, 0.717) is 34.4 Å². The Balaban J connectivity index is 2.34. The molecule has 1 aromatic heterocycles. The van der Waals surface area contributed by atoms with E-state index in [1.807, 2.05) is 0 Å². The van der Waals surface area contributed by atoms with Gasteiger partial charge < -0.3 is 0 Å². The predicted octanol–water partition coefficient (Wildman–Crippen LogP) is 3.20. The number of aldehydes is 1. The predicted molar refractivity (Wildman–Crippen MR) is 92.7 cm³/mol. The summed E-state index contributed by atoms with van der Waals surface area (Å²) in [6.07, 6.45) is 3.52. The summed E-state index contributed by atoms with van der Waals surface area (Å²) in [6, 6.07) is 11.7. The third kappa shape index (κ3) is 3.61. The number of allylic oxidation sites excluding steroid dienone is 3. The van der Waals surface area contributed by atoms with Crippen LogP contribution in [0.3, 0.4) is 0 Å². The standard InChI is InChI=1S/C19H14F2N4O/c1-25-19(22-23-24-25)17(3-2-12-26)18(13-4-8-15(20)9-5-13)14-6-10-16(21)11-7-14/h2-12H,1H3. The molecule has 0 N–H and O–H groups in total. The Morgan fingerprint density at radius 1 is 0.962 bits per heavy atom. The van der Waals surface area contributed by atoms with Gasteiger partial charge in [-0.05, 0) is 63.5 Å². The van der Waals surface area contributed by atoms with E-state index in [9.17, 15) is 13.6 Å². The highest BCUT2D eigenvalue weighted by Crippen LogP contribution is 2.32. The van der Waals surface area contributed by atoms with Crippen LogP contribution in [0.1, 0.15) is 17.0 Å². The zero-order chi connectivity index (χ0) is 18.5. The van der Waals surface area contributed by atoms with E-state index in [1.54, 1.807) is 37.4 Å². The zero-order valence-corrected chi connectivity index (χ0v) is 13.8. The fraction of sp³-hybridized carbons (Fsp3) is 0.0526. The summed E-state index contributed by atoms with van der Waals surface area (Å²) in [5.41, 5.74) is 2.53. The molecule has 2 aromatic carbocycles. The molecule has 0 aliphatic rings. The van der Waals surface area contributed by atoms with Crippen LogP contribution in [0.15, 0.2) is 60.7 Å². The number of benzene rings is 2. The van der Waals surface area contributed by atoms with Gasteiger partial charge >= 0.3 is 0 Å². The monoisotopic (exact) mass is 352 g/mol. The van der Waals surface area contributed by atoms with Gasteiger partial charge in [0, 0.05) is 12.6 Å². The molecule has 0 fully saturated rings. The number of carbonyl (C=O) groups excluding carboxylic acids is 1. The maximum atomic E-state index is 13.4. The van der Waals surface area contributed by atoms with Crippen LogP contribution in [0.25, 0.3) is 11.1 Å². The SMILES string of the molecule is Cn1nnnc1C(C=CC=O)=C(c1ccc(F)cc1)c1ccc(F)cc1. The summed E-state index contributed by atoms with van der Waals surface area (Å²) >= 11 is 0. The number of nitrogens with zero attached hydrogens (tertiary/aromatic N) is 4. The number of hydrogen-bond donors (Lipinski definition) is 0. The summed E-state index contributed by atoms with van der Waals surface area (Å²) in [5, 5.41) is 11.5. The number of aryl methyl sites for hydroxylation is 1. The molecule has 130 valence electrons. The van der Waals surface area contributed by atoms with Crippen LogP contribution in [0.2, 0.25) is 0 Å². The number of tetrazole rings is 1. The molecule has 0 aliphatic heterocycles. The topological polar surface area (TPSA) is 60.7 Å². The van der Waals surface area contributed by atoms with Gasteiger partial charge in [-0.25, -0.2) is 13.5 Å². The maximum absolute atomic E-state index is 13.4. The number of halogens is 2. The van der Waals surface area contributed by atoms with Gasteiger partial charge in [0.25, 0.3) is 0 Å². The van der Waals surface area contributed by atoms with E-state index in [4.69, 9.17) is 0 Å². The largest absolute Gasteiger partial charge is 0.299 e. The lowest BCUT2D eigenvalue weighted by molar-refractivity contribution is -0.104. The number of aromatic nitrogens is 4. The van der Waals surface area contributed by atoms with Crippen LogP contribution >= 0.6 is 0 Å². The molecule has 7 heteroatoms. The second-order valence-electron chi connectivity index (χ2n) is 5.42. The minimum atomic E-state index is -0.377. The van der Waals surface area contributed by atoms with Gasteiger partial charge in [0.15, 0.2) is 5.82 Å². The van der Waals surface area contributed by atoms with E-state index in [-0.39, 0.29) is 11.6 Å². The molecule has 0 saturated carbocycles. The molecule has 0 unspecified atom stereocenters. The molecule has 0 amide bonds. The Labute approximate surface area is 148 Å². The van der Waals surface area contributed by atoms with E-state index in [2.05, 4.69) is 15.5 Å². The Bertz CT molecular complexity index is 926. The first-order chi connectivity index (χ1) is 12.6. The van der Waals surface area contributed by atoms with Crippen molar-refractivity contribution in [3.8, 4) is 0 Å². The average Bonchev–Trinajstić information content (AvgIpc) is 3.07. The lowest BCUT2D eigenvalue weighted by Gasteiger charge is -2.13.